The Bertz CT molecular complexity index is 1170. The van der Waals surface area contributed by atoms with Gasteiger partial charge in [-0.1, -0.05) is 37.8 Å². The molecule has 4 heterocycles. The molecule has 1 aliphatic heterocycles. The zero-order chi connectivity index (χ0) is 21.4. The molecule has 0 atom stereocenters. The highest BCUT2D eigenvalue weighted by Crippen LogP contribution is 2.46. The first kappa shape index (κ1) is 19.8. The molecule has 1 aliphatic carbocycles. The van der Waals surface area contributed by atoms with Gasteiger partial charge in [0.2, 0.25) is 0 Å². The predicted molar refractivity (Wildman–Crippen MR) is 123 cm³/mol. The van der Waals surface area contributed by atoms with E-state index in [0.29, 0.717) is 13.2 Å². The quantitative estimate of drug-likeness (QED) is 0.570. The van der Waals surface area contributed by atoms with Gasteiger partial charge in [0.15, 0.2) is 11.5 Å². The van der Waals surface area contributed by atoms with Crippen LogP contribution < -0.4 is 4.90 Å². The first-order chi connectivity index (χ1) is 15.1. The van der Waals surface area contributed by atoms with E-state index in [1.165, 1.54) is 12.8 Å². The molecule has 0 unspecified atom stereocenters. The summed E-state index contributed by atoms with van der Waals surface area (Å²) < 4.78 is 9.39. The summed E-state index contributed by atoms with van der Waals surface area (Å²) >= 11 is 0. The molecular weight excluding hydrogens is 388 g/mol. The van der Waals surface area contributed by atoms with Gasteiger partial charge in [0, 0.05) is 42.4 Å². The summed E-state index contributed by atoms with van der Waals surface area (Å²) in [6, 6.07) is 6.22. The van der Waals surface area contributed by atoms with Crippen LogP contribution >= 0.6 is 0 Å². The molecule has 0 bridgehead atoms. The van der Waals surface area contributed by atoms with Gasteiger partial charge in [-0.15, -0.1) is 0 Å². The molecule has 2 fully saturated rings. The Hall–Kier alpha value is -3.19. The normalized spacial score (nSPS) is 18.8. The number of anilines is 1. The lowest BCUT2D eigenvalue weighted by Crippen LogP contribution is -2.37. The zero-order valence-electron chi connectivity index (χ0n) is 18.2. The van der Waals surface area contributed by atoms with Gasteiger partial charge < -0.3 is 9.64 Å². The topological polar surface area (TPSA) is 60.5 Å². The number of ether oxygens (including phenoxy) is 1. The smallest absolute Gasteiger partial charge is 0.160 e. The number of nitrogens with zero attached hydrogens (tertiary/aromatic N) is 6. The van der Waals surface area contributed by atoms with Crippen LogP contribution in [-0.4, -0.2) is 50.7 Å². The molecule has 0 amide bonds. The maximum Gasteiger partial charge on any atom is 0.160 e. The van der Waals surface area contributed by atoms with Gasteiger partial charge in [-0.05, 0) is 25.8 Å². The van der Waals surface area contributed by atoms with Crippen LogP contribution in [0, 0.1) is 0 Å². The summed E-state index contributed by atoms with van der Waals surface area (Å²) in [7, 11) is 0. The number of fused-ring (bicyclic) bond motifs is 1. The summed E-state index contributed by atoms with van der Waals surface area (Å²) in [5.74, 6) is 1.80. The van der Waals surface area contributed by atoms with Gasteiger partial charge in [-0.3, -0.25) is 0 Å². The number of aromatic nitrogens is 5. The minimum atomic E-state index is 0.225. The van der Waals surface area contributed by atoms with E-state index in [0.717, 1.165) is 47.3 Å². The molecule has 5 rings (SSSR count). The summed E-state index contributed by atoms with van der Waals surface area (Å²) in [4.78, 5) is 7.21. The molecule has 0 aromatic carbocycles. The van der Waals surface area contributed by atoms with E-state index in [2.05, 4.69) is 30.5 Å². The van der Waals surface area contributed by atoms with Gasteiger partial charge >= 0.3 is 0 Å². The van der Waals surface area contributed by atoms with Crippen molar-refractivity contribution in [1.82, 2.24) is 24.4 Å². The van der Waals surface area contributed by atoms with Crippen molar-refractivity contribution in [2.24, 2.45) is 0 Å². The van der Waals surface area contributed by atoms with Crippen LogP contribution in [0.25, 0.3) is 17.0 Å². The molecular formula is C24H28N6O. The molecule has 7 nitrogen and oxygen atoms in total. The van der Waals surface area contributed by atoms with Crippen LogP contribution in [0.1, 0.15) is 38.1 Å². The lowest BCUT2D eigenvalue weighted by molar-refractivity contribution is 0.122. The maximum absolute atomic E-state index is 5.57. The number of allylic oxidation sites excluding steroid dienone is 5. The standard InChI is InChI=1S/C24H28N6O/c1-4-6-18(7-5-2)19-16-22-25-21(29-11-8-20(27-29)24(3)9-10-24)17-23(30(22)26-19)28-12-14-31-15-13-28/h4-8,11,16-17H,1,9-10,12-15H2,2-3H3/b7-5-,18-6+. The molecule has 3 aromatic rings. The SMILES string of the molecule is C=C/C=C(\C=C/C)c1cc2nc(-n3ccc(C4(C)CC4)n3)cc(N3CCOCC3)n2n1. The van der Waals surface area contributed by atoms with Crippen LogP contribution in [0.5, 0.6) is 0 Å². The Labute approximate surface area is 182 Å². The fourth-order valence-electron chi connectivity index (χ4n) is 3.97. The molecule has 7 heteroatoms. The molecule has 2 aliphatic rings. The first-order valence-electron chi connectivity index (χ1n) is 10.9. The highest BCUT2D eigenvalue weighted by atomic mass is 16.5. The van der Waals surface area contributed by atoms with Gasteiger partial charge in [0.1, 0.15) is 5.82 Å². The largest absolute Gasteiger partial charge is 0.378 e. The van der Waals surface area contributed by atoms with Crippen molar-refractivity contribution in [3.05, 3.63) is 66.7 Å². The number of hydrogen-bond donors (Lipinski definition) is 0. The van der Waals surface area contributed by atoms with E-state index in [-0.39, 0.29) is 5.41 Å². The third-order valence-electron chi connectivity index (χ3n) is 6.11. The number of rotatable bonds is 6. The number of hydrogen-bond acceptors (Lipinski definition) is 5. The highest BCUT2D eigenvalue weighted by Gasteiger charge is 2.41. The summed E-state index contributed by atoms with van der Waals surface area (Å²) in [5.41, 5.74) is 4.02. The average Bonchev–Trinajstić information content (AvgIpc) is 3.20. The van der Waals surface area contributed by atoms with E-state index < -0.39 is 0 Å². The third kappa shape index (κ3) is 3.70. The zero-order valence-corrected chi connectivity index (χ0v) is 18.2. The van der Waals surface area contributed by atoms with Crippen molar-refractivity contribution in [2.75, 3.05) is 31.2 Å². The van der Waals surface area contributed by atoms with E-state index in [1.807, 2.05) is 46.6 Å². The fraction of sp³-hybridized carbons (Fsp3) is 0.375. The minimum absolute atomic E-state index is 0.225. The Morgan fingerprint density at radius 3 is 2.71 bits per heavy atom. The van der Waals surface area contributed by atoms with Crippen LogP contribution in [0.15, 0.2) is 55.3 Å². The molecule has 31 heavy (non-hydrogen) atoms. The summed E-state index contributed by atoms with van der Waals surface area (Å²) in [5, 5.41) is 9.74. The highest BCUT2D eigenvalue weighted by molar-refractivity contribution is 5.75. The molecule has 1 saturated carbocycles. The van der Waals surface area contributed by atoms with E-state index in [9.17, 15) is 0 Å². The van der Waals surface area contributed by atoms with E-state index in [1.54, 1.807) is 6.08 Å². The second-order valence-electron chi connectivity index (χ2n) is 8.44. The number of morpholine rings is 1. The second kappa shape index (κ2) is 7.81. The molecule has 3 aromatic heterocycles. The minimum Gasteiger partial charge on any atom is -0.378 e. The molecule has 0 radical (unpaired) electrons. The first-order valence-corrected chi connectivity index (χ1v) is 10.9. The lowest BCUT2D eigenvalue weighted by atomic mass is 10.1. The van der Waals surface area contributed by atoms with Crippen molar-refractivity contribution in [2.45, 2.75) is 32.1 Å². The van der Waals surface area contributed by atoms with Crippen molar-refractivity contribution in [3.8, 4) is 5.82 Å². The van der Waals surface area contributed by atoms with Crippen molar-refractivity contribution < 1.29 is 4.74 Å². The maximum atomic E-state index is 5.57. The Kier molecular flexibility index (Phi) is 4.98. The Morgan fingerprint density at radius 1 is 1.19 bits per heavy atom. The van der Waals surface area contributed by atoms with Gasteiger partial charge in [-0.25, -0.2) is 9.67 Å². The van der Waals surface area contributed by atoms with Crippen molar-refractivity contribution in [1.29, 1.82) is 0 Å². The van der Waals surface area contributed by atoms with E-state index >= 15 is 0 Å². The predicted octanol–water partition coefficient (Wildman–Crippen LogP) is 3.95. The summed E-state index contributed by atoms with van der Waals surface area (Å²) in [6.45, 7) is 11.2. The van der Waals surface area contributed by atoms with E-state index in [4.69, 9.17) is 19.9 Å². The van der Waals surface area contributed by atoms with Crippen LogP contribution in [0.4, 0.5) is 5.82 Å². The van der Waals surface area contributed by atoms with Crippen molar-refractivity contribution >= 4 is 17.0 Å². The Morgan fingerprint density at radius 2 is 2.00 bits per heavy atom. The van der Waals surface area contributed by atoms with Crippen LogP contribution in [0.3, 0.4) is 0 Å². The van der Waals surface area contributed by atoms with Crippen LogP contribution in [0.2, 0.25) is 0 Å². The Balaban J connectivity index is 1.64. The van der Waals surface area contributed by atoms with Gasteiger partial charge in [0.05, 0.1) is 24.6 Å². The molecule has 160 valence electrons. The van der Waals surface area contributed by atoms with Gasteiger partial charge in [0.25, 0.3) is 0 Å². The lowest BCUT2D eigenvalue weighted by Gasteiger charge is -2.29. The molecule has 0 spiro atoms. The fourth-order valence-corrected chi connectivity index (χ4v) is 3.97. The molecule has 1 saturated heterocycles. The van der Waals surface area contributed by atoms with Crippen LogP contribution in [-0.2, 0) is 10.2 Å². The van der Waals surface area contributed by atoms with Crippen molar-refractivity contribution in [3.63, 3.8) is 0 Å². The average molecular weight is 417 g/mol. The molecule has 0 N–H and O–H groups in total. The summed E-state index contributed by atoms with van der Waals surface area (Å²) in [6.07, 6.45) is 12.2. The third-order valence-corrected chi connectivity index (χ3v) is 6.11. The van der Waals surface area contributed by atoms with Gasteiger partial charge in [-0.2, -0.15) is 14.7 Å². The second-order valence-corrected chi connectivity index (χ2v) is 8.44. The monoisotopic (exact) mass is 416 g/mol.